The molecule has 10 nitrogen and oxygen atoms in total. The lowest BCUT2D eigenvalue weighted by molar-refractivity contribution is -0.385. The number of nitro benzene ring substituents is 1. The Morgan fingerprint density at radius 1 is 0.972 bits per heavy atom. The summed E-state index contributed by atoms with van der Waals surface area (Å²) in [7, 11) is 1.45. The lowest BCUT2D eigenvalue weighted by atomic mass is 10.0. The number of benzene rings is 3. The first kappa shape index (κ1) is 24.3. The topological polar surface area (TPSA) is 133 Å². The molecule has 3 aromatic carbocycles. The van der Waals surface area contributed by atoms with Crippen LogP contribution in [0.3, 0.4) is 0 Å². The number of nitro groups is 1. The molecule has 1 aliphatic heterocycles. The number of hydrogen-bond donors (Lipinski definition) is 0. The van der Waals surface area contributed by atoms with Crippen molar-refractivity contribution in [3.8, 4) is 5.75 Å². The molecule has 0 radical (unpaired) electrons. The number of carbonyl (C=O) groups is 4. The van der Waals surface area contributed by atoms with E-state index in [1.165, 1.54) is 31.4 Å². The minimum atomic E-state index is -1.45. The van der Waals surface area contributed by atoms with Gasteiger partial charge >= 0.3 is 5.97 Å². The average Bonchev–Trinajstić information content (AvgIpc) is 3.15. The number of methoxy groups -OCH3 is 1. The SMILES string of the molecule is COc1cccc(C(=O)COC(=O)[C@H](Cc2ccccc2)N2C(=O)c3cccc([N+](=O)[O-])c3C2=O)c1. The highest BCUT2D eigenvalue weighted by atomic mass is 16.6. The predicted molar refractivity (Wildman–Crippen MR) is 126 cm³/mol. The van der Waals surface area contributed by atoms with Crippen LogP contribution >= 0.6 is 0 Å². The van der Waals surface area contributed by atoms with Gasteiger partial charge in [-0.15, -0.1) is 0 Å². The molecule has 0 aromatic heterocycles. The summed E-state index contributed by atoms with van der Waals surface area (Å²) >= 11 is 0. The highest BCUT2D eigenvalue weighted by Crippen LogP contribution is 2.33. The Hall–Kier alpha value is -4.86. The molecular formula is C26H20N2O8. The van der Waals surface area contributed by atoms with Gasteiger partial charge in [0.1, 0.15) is 17.4 Å². The van der Waals surface area contributed by atoms with Gasteiger partial charge in [0.15, 0.2) is 12.4 Å². The first-order valence-corrected chi connectivity index (χ1v) is 10.8. The summed E-state index contributed by atoms with van der Waals surface area (Å²) in [5.74, 6) is -2.89. The van der Waals surface area contributed by atoms with E-state index in [0.29, 0.717) is 16.2 Å². The number of imide groups is 1. The number of ether oxygens (including phenoxy) is 2. The molecule has 0 spiro atoms. The number of carbonyl (C=O) groups excluding carboxylic acids is 4. The van der Waals surface area contributed by atoms with Gasteiger partial charge in [-0.05, 0) is 23.8 Å². The van der Waals surface area contributed by atoms with Gasteiger partial charge < -0.3 is 9.47 Å². The summed E-state index contributed by atoms with van der Waals surface area (Å²) in [4.78, 5) is 63.5. The molecule has 3 aromatic rings. The zero-order valence-corrected chi connectivity index (χ0v) is 19.1. The van der Waals surface area contributed by atoms with Crippen LogP contribution in [0.2, 0.25) is 0 Å². The zero-order chi connectivity index (χ0) is 25.8. The van der Waals surface area contributed by atoms with Crippen molar-refractivity contribution in [1.29, 1.82) is 0 Å². The minimum absolute atomic E-state index is 0.105. The number of Topliss-reactive ketones (excluding diaryl/α,β-unsaturated/α-hetero) is 1. The summed E-state index contributed by atoms with van der Waals surface area (Å²) in [5, 5.41) is 11.5. The second kappa shape index (κ2) is 10.2. The van der Waals surface area contributed by atoms with E-state index < -0.39 is 46.8 Å². The molecule has 0 fully saturated rings. The molecule has 0 bridgehead atoms. The Kier molecular flexibility index (Phi) is 6.86. The fourth-order valence-corrected chi connectivity index (χ4v) is 3.95. The highest BCUT2D eigenvalue weighted by Gasteiger charge is 2.47. The molecule has 36 heavy (non-hydrogen) atoms. The third-order valence-corrected chi connectivity index (χ3v) is 5.71. The Labute approximate surface area is 205 Å². The van der Waals surface area contributed by atoms with Crippen LogP contribution in [-0.4, -0.2) is 53.1 Å². The molecule has 0 N–H and O–H groups in total. The maximum atomic E-state index is 13.2. The van der Waals surface area contributed by atoms with E-state index in [1.54, 1.807) is 42.5 Å². The average molecular weight is 488 g/mol. The molecule has 0 aliphatic carbocycles. The maximum Gasteiger partial charge on any atom is 0.330 e. The highest BCUT2D eigenvalue weighted by molar-refractivity contribution is 6.24. The Morgan fingerprint density at radius 2 is 1.69 bits per heavy atom. The Bertz CT molecular complexity index is 1370. The van der Waals surface area contributed by atoms with Crippen LogP contribution in [0.4, 0.5) is 5.69 Å². The summed E-state index contributed by atoms with van der Waals surface area (Å²) in [6.07, 6.45) is -0.105. The monoisotopic (exact) mass is 488 g/mol. The predicted octanol–water partition coefficient (Wildman–Crippen LogP) is 3.24. The van der Waals surface area contributed by atoms with E-state index in [4.69, 9.17) is 9.47 Å². The van der Waals surface area contributed by atoms with Gasteiger partial charge in [0.2, 0.25) is 0 Å². The van der Waals surface area contributed by atoms with Gasteiger partial charge in [-0.1, -0.05) is 48.5 Å². The van der Waals surface area contributed by atoms with Crippen LogP contribution in [0.25, 0.3) is 0 Å². The van der Waals surface area contributed by atoms with Crippen molar-refractivity contribution in [2.75, 3.05) is 13.7 Å². The number of nitrogens with zero attached hydrogens (tertiary/aromatic N) is 2. The van der Waals surface area contributed by atoms with Crippen LogP contribution in [0, 0.1) is 10.1 Å². The van der Waals surface area contributed by atoms with Crippen molar-refractivity contribution < 1.29 is 33.6 Å². The summed E-state index contributed by atoms with van der Waals surface area (Å²) in [6.45, 7) is -0.638. The van der Waals surface area contributed by atoms with Gasteiger partial charge in [-0.25, -0.2) is 4.79 Å². The van der Waals surface area contributed by atoms with E-state index in [2.05, 4.69) is 0 Å². The van der Waals surface area contributed by atoms with Crippen LogP contribution in [-0.2, 0) is 16.0 Å². The lowest BCUT2D eigenvalue weighted by Crippen LogP contribution is -2.47. The number of rotatable bonds is 9. The molecule has 10 heteroatoms. The van der Waals surface area contributed by atoms with Crippen molar-refractivity contribution in [1.82, 2.24) is 4.90 Å². The van der Waals surface area contributed by atoms with E-state index in [0.717, 1.165) is 6.07 Å². The van der Waals surface area contributed by atoms with E-state index in [1.807, 2.05) is 0 Å². The fourth-order valence-electron chi connectivity index (χ4n) is 3.95. The molecule has 0 saturated heterocycles. The van der Waals surface area contributed by atoms with Crippen molar-refractivity contribution in [2.45, 2.75) is 12.5 Å². The third-order valence-electron chi connectivity index (χ3n) is 5.71. The summed E-state index contributed by atoms with van der Waals surface area (Å²) < 4.78 is 10.3. The van der Waals surface area contributed by atoms with Crippen LogP contribution < -0.4 is 4.74 Å². The minimum Gasteiger partial charge on any atom is -0.497 e. The molecule has 1 aliphatic rings. The number of hydrogen-bond acceptors (Lipinski definition) is 8. The Balaban J connectivity index is 1.62. The van der Waals surface area contributed by atoms with Crippen LogP contribution in [0.5, 0.6) is 5.75 Å². The van der Waals surface area contributed by atoms with Gasteiger partial charge in [0.05, 0.1) is 17.6 Å². The van der Waals surface area contributed by atoms with Gasteiger partial charge in [0, 0.05) is 18.1 Å². The standard InChI is InChI=1S/C26H20N2O8/c1-35-18-10-5-9-17(14-18)22(29)15-36-26(32)21(13-16-7-3-2-4-8-16)27-24(30)19-11-6-12-20(28(33)34)23(19)25(27)31/h2-12,14,21H,13,15H2,1H3/t21-/m0/s1. The lowest BCUT2D eigenvalue weighted by Gasteiger charge is -2.24. The smallest absolute Gasteiger partial charge is 0.330 e. The quantitative estimate of drug-likeness (QED) is 0.147. The van der Waals surface area contributed by atoms with Crippen molar-refractivity contribution in [3.05, 3.63) is 105 Å². The fraction of sp³-hybridized carbons (Fsp3) is 0.154. The normalized spacial score (nSPS) is 13.2. The van der Waals surface area contributed by atoms with Gasteiger partial charge in [0.25, 0.3) is 17.5 Å². The van der Waals surface area contributed by atoms with Crippen molar-refractivity contribution in [3.63, 3.8) is 0 Å². The van der Waals surface area contributed by atoms with Crippen molar-refractivity contribution >= 4 is 29.3 Å². The van der Waals surface area contributed by atoms with Crippen molar-refractivity contribution in [2.24, 2.45) is 0 Å². The largest absolute Gasteiger partial charge is 0.497 e. The van der Waals surface area contributed by atoms with E-state index in [9.17, 15) is 29.3 Å². The molecule has 1 atom stereocenters. The second-order valence-electron chi connectivity index (χ2n) is 7.91. The third kappa shape index (κ3) is 4.69. The first-order chi connectivity index (χ1) is 17.3. The molecule has 4 rings (SSSR count). The second-order valence-corrected chi connectivity index (χ2v) is 7.91. The molecular weight excluding hydrogens is 468 g/mol. The number of amides is 2. The number of ketones is 1. The summed E-state index contributed by atoms with van der Waals surface area (Å²) in [5.41, 5.74) is -0.227. The number of fused-ring (bicyclic) bond motifs is 1. The molecule has 182 valence electrons. The summed E-state index contributed by atoms with van der Waals surface area (Å²) in [6, 6.07) is 17.1. The van der Waals surface area contributed by atoms with Crippen LogP contribution in [0.15, 0.2) is 72.8 Å². The zero-order valence-electron chi connectivity index (χ0n) is 19.1. The van der Waals surface area contributed by atoms with E-state index in [-0.39, 0.29) is 23.1 Å². The first-order valence-electron chi connectivity index (χ1n) is 10.8. The Morgan fingerprint density at radius 3 is 2.39 bits per heavy atom. The van der Waals surface area contributed by atoms with Crippen LogP contribution in [0.1, 0.15) is 36.6 Å². The molecule has 0 unspecified atom stereocenters. The number of esters is 1. The molecule has 1 heterocycles. The molecule has 0 saturated carbocycles. The maximum absolute atomic E-state index is 13.2. The van der Waals surface area contributed by atoms with Gasteiger partial charge in [-0.3, -0.25) is 29.4 Å². The van der Waals surface area contributed by atoms with Gasteiger partial charge in [-0.2, -0.15) is 0 Å². The van der Waals surface area contributed by atoms with E-state index >= 15 is 0 Å². The molecule has 2 amide bonds.